The minimum absolute atomic E-state index is 0.348. The molecule has 5 nitrogen and oxygen atoms in total. The largest absolute Gasteiger partial charge is 0.478 e. The second kappa shape index (κ2) is 7.45. The summed E-state index contributed by atoms with van der Waals surface area (Å²) >= 11 is 0. The number of nitrogens with one attached hydrogen (secondary N) is 1. The van der Waals surface area contributed by atoms with Crippen molar-refractivity contribution in [2.45, 2.75) is 19.4 Å². The first-order valence-corrected chi connectivity index (χ1v) is 6.72. The molecule has 1 atom stereocenters. The van der Waals surface area contributed by atoms with Crippen molar-refractivity contribution in [2.75, 3.05) is 18.5 Å². The summed E-state index contributed by atoms with van der Waals surface area (Å²) in [5, 5.41) is 13.1. The van der Waals surface area contributed by atoms with Crippen molar-refractivity contribution in [1.29, 1.82) is 0 Å². The molecule has 1 aromatic heterocycles. The van der Waals surface area contributed by atoms with Crippen LogP contribution in [0.3, 0.4) is 0 Å². The molecular formula is C15H19N3O2. The van der Waals surface area contributed by atoms with Crippen molar-refractivity contribution in [1.82, 2.24) is 9.97 Å². The highest BCUT2D eigenvalue weighted by atomic mass is 16.5. The fourth-order valence-electron chi connectivity index (χ4n) is 1.70. The SMILES string of the molecule is CCCOc1ccnc(NCC(O)c2ccccc2)n1. The van der Waals surface area contributed by atoms with E-state index in [1.165, 1.54) is 0 Å². The monoisotopic (exact) mass is 273 g/mol. The number of hydrogen-bond acceptors (Lipinski definition) is 5. The Labute approximate surface area is 118 Å². The van der Waals surface area contributed by atoms with E-state index in [1.54, 1.807) is 12.3 Å². The van der Waals surface area contributed by atoms with Gasteiger partial charge in [0.2, 0.25) is 11.8 Å². The van der Waals surface area contributed by atoms with Gasteiger partial charge in [0, 0.05) is 18.8 Å². The molecule has 106 valence electrons. The maximum absolute atomic E-state index is 10.0. The zero-order chi connectivity index (χ0) is 14.2. The molecule has 5 heteroatoms. The average Bonchev–Trinajstić information content (AvgIpc) is 2.52. The van der Waals surface area contributed by atoms with E-state index in [4.69, 9.17) is 4.74 Å². The fourth-order valence-corrected chi connectivity index (χ4v) is 1.70. The average molecular weight is 273 g/mol. The zero-order valence-corrected chi connectivity index (χ0v) is 11.5. The van der Waals surface area contributed by atoms with Gasteiger partial charge in [0.05, 0.1) is 12.7 Å². The number of anilines is 1. The van der Waals surface area contributed by atoms with Gasteiger partial charge in [-0.25, -0.2) is 4.98 Å². The Bertz CT molecular complexity index is 520. The second-order valence-electron chi connectivity index (χ2n) is 4.37. The maximum Gasteiger partial charge on any atom is 0.226 e. The van der Waals surface area contributed by atoms with E-state index in [9.17, 15) is 5.11 Å². The predicted octanol–water partition coefficient (Wildman–Crippen LogP) is 2.41. The highest BCUT2D eigenvalue weighted by molar-refractivity contribution is 5.29. The second-order valence-corrected chi connectivity index (χ2v) is 4.37. The highest BCUT2D eigenvalue weighted by Gasteiger charge is 2.07. The van der Waals surface area contributed by atoms with Gasteiger partial charge in [-0.3, -0.25) is 0 Å². The van der Waals surface area contributed by atoms with Crippen LogP contribution in [-0.4, -0.2) is 28.2 Å². The number of nitrogens with zero attached hydrogens (tertiary/aromatic N) is 2. The van der Waals surface area contributed by atoms with Crippen LogP contribution in [-0.2, 0) is 0 Å². The van der Waals surface area contributed by atoms with Crippen LogP contribution in [0.15, 0.2) is 42.6 Å². The van der Waals surface area contributed by atoms with E-state index in [0.717, 1.165) is 12.0 Å². The van der Waals surface area contributed by atoms with Gasteiger partial charge in [-0.05, 0) is 12.0 Å². The fraction of sp³-hybridized carbons (Fsp3) is 0.333. The van der Waals surface area contributed by atoms with E-state index in [-0.39, 0.29) is 0 Å². The first kappa shape index (κ1) is 14.3. The summed E-state index contributed by atoms with van der Waals surface area (Å²) in [5.41, 5.74) is 0.860. The van der Waals surface area contributed by atoms with Gasteiger partial charge in [-0.2, -0.15) is 4.98 Å². The van der Waals surface area contributed by atoms with Gasteiger partial charge in [0.1, 0.15) is 0 Å². The summed E-state index contributed by atoms with van der Waals surface area (Å²) < 4.78 is 5.43. The van der Waals surface area contributed by atoms with Crippen molar-refractivity contribution >= 4 is 5.95 Å². The quantitative estimate of drug-likeness (QED) is 0.811. The lowest BCUT2D eigenvalue weighted by molar-refractivity contribution is 0.191. The van der Waals surface area contributed by atoms with Crippen LogP contribution in [0.4, 0.5) is 5.95 Å². The van der Waals surface area contributed by atoms with E-state index in [2.05, 4.69) is 15.3 Å². The van der Waals surface area contributed by atoms with Gasteiger partial charge in [0.25, 0.3) is 0 Å². The molecule has 0 aliphatic heterocycles. The third-order valence-electron chi connectivity index (χ3n) is 2.72. The predicted molar refractivity (Wildman–Crippen MR) is 77.7 cm³/mol. The number of benzene rings is 1. The molecule has 2 aromatic rings. The Balaban J connectivity index is 1.90. The van der Waals surface area contributed by atoms with Crippen molar-refractivity contribution in [2.24, 2.45) is 0 Å². The molecule has 0 aliphatic carbocycles. The topological polar surface area (TPSA) is 67.3 Å². The summed E-state index contributed by atoms with van der Waals surface area (Å²) in [6.07, 6.45) is 1.97. The molecule has 2 rings (SSSR count). The van der Waals surface area contributed by atoms with Gasteiger partial charge in [0.15, 0.2) is 0 Å². The van der Waals surface area contributed by atoms with Crippen molar-refractivity contribution < 1.29 is 9.84 Å². The van der Waals surface area contributed by atoms with Crippen LogP contribution in [0.1, 0.15) is 25.0 Å². The lowest BCUT2D eigenvalue weighted by Gasteiger charge is -2.12. The number of rotatable bonds is 7. The number of hydrogen-bond donors (Lipinski definition) is 2. The van der Waals surface area contributed by atoms with Crippen LogP contribution in [0.5, 0.6) is 5.88 Å². The van der Waals surface area contributed by atoms with Gasteiger partial charge >= 0.3 is 0 Å². The third kappa shape index (κ3) is 4.20. The Hall–Kier alpha value is -2.14. The number of aliphatic hydroxyl groups is 1. The van der Waals surface area contributed by atoms with Crippen LogP contribution in [0, 0.1) is 0 Å². The van der Waals surface area contributed by atoms with Crippen LogP contribution in [0.2, 0.25) is 0 Å². The first-order valence-electron chi connectivity index (χ1n) is 6.72. The van der Waals surface area contributed by atoms with Gasteiger partial charge in [-0.1, -0.05) is 37.3 Å². The summed E-state index contributed by atoms with van der Waals surface area (Å²) in [4.78, 5) is 8.32. The van der Waals surface area contributed by atoms with E-state index >= 15 is 0 Å². The van der Waals surface area contributed by atoms with E-state index < -0.39 is 6.10 Å². The Morgan fingerprint density at radius 3 is 2.80 bits per heavy atom. The minimum atomic E-state index is -0.597. The standard InChI is InChI=1S/C15H19N3O2/c1-2-10-20-14-8-9-16-15(18-14)17-11-13(19)12-6-4-3-5-7-12/h3-9,13,19H,2,10-11H2,1H3,(H,16,17,18). The normalized spacial score (nSPS) is 11.9. The van der Waals surface area contributed by atoms with Crippen molar-refractivity contribution in [3.63, 3.8) is 0 Å². The molecule has 0 radical (unpaired) electrons. The van der Waals surface area contributed by atoms with Crippen molar-refractivity contribution in [3.8, 4) is 5.88 Å². The third-order valence-corrected chi connectivity index (χ3v) is 2.72. The van der Waals surface area contributed by atoms with Crippen LogP contribution >= 0.6 is 0 Å². The zero-order valence-electron chi connectivity index (χ0n) is 11.5. The molecule has 20 heavy (non-hydrogen) atoms. The number of aliphatic hydroxyl groups excluding tert-OH is 1. The molecule has 1 aromatic carbocycles. The molecule has 0 saturated carbocycles. The highest BCUT2D eigenvalue weighted by Crippen LogP contribution is 2.13. The lowest BCUT2D eigenvalue weighted by Crippen LogP contribution is -2.14. The molecule has 1 heterocycles. The summed E-state index contributed by atoms with van der Waals surface area (Å²) in [7, 11) is 0. The Morgan fingerprint density at radius 2 is 2.05 bits per heavy atom. The Kier molecular flexibility index (Phi) is 5.32. The first-order chi connectivity index (χ1) is 9.79. The van der Waals surface area contributed by atoms with E-state index in [1.807, 2.05) is 37.3 Å². The molecule has 0 saturated heterocycles. The maximum atomic E-state index is 10.0. The molecule has 0 fully saturated rings. The molecule has 0 aliphatic rings. The number of aromatic nitrogens is 2. The smallest absolute Gasteiger partial charge is 0.226 e. The van der Waals surface area contributed by atoms with Gasteiger partial charge < -0.3 is 15.2 Å². The molecule has 0 spiro atoms. The molecule has 2 N–H and O–H groups in total. The number of ether oxygens (including phenoxy) is 1. The van der Waals surface area contributed by atoms with Crippen LogP contribution in [0.25, 0.3) is 0 Å². The molecule has 1 unspecified atom stereocenters. The summed E-state index contributed by atoms with van der Waals surface area (Å²) in [6.45, 7) is 3.01. The molecule has 0 amide bonds. The summed E-state index contributed by atoms with van der Waals surface area (Å²) in [6, 6.07) is 11.2. The Morgan fingerprint density at radius 1 is 1.25 bits per heavy atom. The lowest BCUT2D eigenvalue weighted by atomic mass is 10.1. The summed E-state index contributed by atoms with van der Waals surface area (Å²) in [5.74, 6) is 0.993. The van der Waals surface area contributed by atoms with E-state index in [0.29, 0.717) is 25.0 Å². The molecular weight excluding hydrogens is 254 g/mol. The molecule has 0 bridgehead atoms. The van der Waals surface area contributed by atoms with Crippen LogP contribution < -0.4 is 10.1 Å². The van der Waals surface area contributed by atoms with Gasteiger partial charge in [-0.15, -0.1) is 0 Å². The minimum Gasteiger partial charge on any atom is -0.478 e. The van der Waals surface area contributed by atoms with Crippen molar-refractivity contribution in [3.05, 3.63) is 48.2 Å².